The highest BCUT2D eigenvalue weighted by molar-refractivity contribution is 5.10. The summed E-state index contributed by atoms with van der Waals surface area (Å²) in [4.78, 5) is 0. The van der Waals surface area contributed by atoms with Gasteiger partial charge < -0.3 is 29.6 Å². The van der Waals surface area contributed by atoms with E-state index in [4.69, 9.17) is 19.4 Å². The molecule has 0 saturated heterocycles. The Morgan fingerprint density at radius 3 is 2.71 bits per heavy atom. The predicted molar refractivity (Wildman–Crippen MR) is 75.4 cm³/mol. The van der Waals surface area contributed by atoms with Gasteiger partial charge in [0.15, 0.2) is 0 Å². The molecular weight excluding hydrogens is 276 g/mol. The quantitative estimate of drug-likeness (QED) is 0.500. The molecule has 0 saturated carbocycles. The minimum atomic E-state index is -0.849. The lowest BCUT2D eigenvalue weighted by atomic mass is 10.1. The largest absolute Gasteiger partial charge is 0.461 e. The second-order valence-corrected chi connectivity index (χ2v) is 4.64. The summed E-state index contributed by atoms with van der Waals surface area (Å²) in [7, 11) is 1.53. The summed E-state index contributed by atoms with van der Waals surface area (Å²) >= 11 is 0. The van der Waals surface area contributed by atoms with Gasteiger partial charge in [0.25, 0.3) is 0 Å². The van der Waals surface area contributed by atoms with Crippen LogP contribution in [0, 0.1) is 0 Å². The summed E-state index contributed by atoms with van der Waals surface area (Å²) in [6.07, 6.45) is 0.486. The molecule has 0 radical (unpaired) electrons. The molecule has 0 bridgehead atoms. The van der Waals surface area contributed by atoms with E-state index in [-0.39, 0.29) is 26.1 Å². The van der Waals surface area contributed by atoms with Crippen molar-refractivity contribution in [3.63, 3.8) is 0 Å². The average molecular weight is 298 g/mol. The summed E-state index contributed by atoms with van der Waals surface area (Å²) in [5.41, 5.74) is 3.65. The Hall–Kier alpha value is -1.40. The van der Waals surface area contributed by atoms with E-state index in [1.54, 1.807) is 18.2 Å². The first kappa shape index (κ1) is 17.7. The van der Waals surface area contributed by atoms with Crippen molar-refractivity contribution in [1.29, 1.82) is 0 Å². The summed E-state index contributed by atoms with van der Waals surface area (Å²) in [6, 6.07) is 3.21. The Morgan fingerprint density at radius 1 is 1.38 bits per heavy atom. The van der Waals surface area contributed by atoms with E-state index in [2.05, 4.69) is 5.73 Å². The third-order valence-electron chi connectivity index (χ3n) is 2.83. The van der Waals surface area contributed by atoms with Crippen LogP contribution in [0.4, 0.5) is 0 Å². The van der Waals surface area contributed by atoms with Gasteiger partial charge >= 0.3 is 0 Å². The highest BCUT2D eigenvalue weighted by Crippen LogP contribution is 2.20. The van der Waals surface area contributed by atoms with Gasteiger partial charge in [0, 0.05) is 20.0 Å². The fourth-order valence-electron chi connectivity index (χ4n) is 1.77. The number of ether oxygens (including phenoxy) is 1. The van der Waals surface area contributed by atoms with Crippen molar-refractivity contribution in [2.45, 2.75) is 31.7 Å². The number of hydrogen-bond donors (Lipinski definition) is 4. The lowest BCUT2D eigenvalue weighted by Gasteiger charge is -2.08. The van der Waals surface area contributed by atoms with Crippen molar-refractivity contribution >= 4 is 0 Å². The monoisotopic (exact) mass is 298 g/mol. The summed E-state index contributed by atoms with van der Waals surface area (Å²) in [6.45, 7) is -0.244. The highest BCUT2D eigenvalue weighted by atomic mass is 16.5. The van der Waals surface area contributed by atoms with Crippen molar-refractivity contribution in [2.24, 2.45) is 0 Å². The second-order valence-electron chi connectivity index (χ2n) is 4.64. The van der Waals surface area contributed by atoms with Crippen LogP contribution in [0.1, 0.15) is 30.5 Å². The maximum Gasteiger partial charge on any atom is 0.133 e. The van der Waals surface area contributed by atoms with E-state index >= 15 is 0 Å². The molecule has 0 spiro atoms. The maximum atomic E-state index is 9.92. The Bertz CT molecular complexity index is 472. The van der Waals surface area contributed by atoms with E-state index in [1.165, 1.54) is 7.11 Å². The third kappa shape index (κ3) is 6.27. The van der Waals surface area contributed by atoms with Gasteiger partial charge in [-0.05, 0) is 23.8 Å². The molecule has 0 aromatic carbocycles. The molecule has 0 unspecified atom stereocenters. The first-order valence-corrected chi connectivity index (χ1v) is 6.69. The molecule has 0 aliphatic heterocycles. The van der Waals surface area contributed by atoms with Crippen molar-refractivity contribution in [3.05, 3.63) is 41.0 Å². The van der Waals surface area contributed by atoms with Gasteiger partial charge in [-0.25, -0.2) is 0 Å². The molecule has 1 aromatic rings. The first-order valence-electron chi connectivity index (χ1n) is 6.69. The maximum absolute atomic E-state index is 9.92. The number of hydrogen-bond acceptors (Lipinski definition) is 6. The Morgan fingerprint density at radius 2 is 2.14 bits per heavy atom. The third-order valence-corrected chi connectivity index (χ3v) is 2.83. The molecule has 6 heteroatoms. The van der Waals surface area contributed by atoms with Gasteiger partial charge in [0.2, 0.25) is 0 Å². The SMILES string of the molecule is COCC(=C=CC[C@@H](O)c1ccc(CO)o1)C[C@@H](O)CO. The standard InChI is InChI=1S/C15H22O6/c1-20-10-11(7-12(18)8-16)3-2-4-14(19)15-6-5-13(9-17)21-15/h2,5-6,12,14,16-19H,4,7-10H2,1H3/t3?,12-,14-/m1/s1. The molecule has 1 aromatic heterocycles. The normalized spacial score (nSPS) is 13.6. The first-order chi connectivity index (χ1) is 10.1. The van der Waals surface area contributed by atoms with Gasteiger partial charge in [0.1, 0.15) is 24.2 Å². The van der Waals surface area contributed by atoms with Crippen LogP contribution >= 0.6 is 0 Å². The molecule has 0 aliphatic rings. The van der Waals surface area contributed by atoms with E-state index < -0.39 is 12.2 Å². The fraction of sp³-hybridized carbons (Fsp3) is 0.533. The average Bonchev–Trinajstić information content (AvgIpc) is 2.96. The Balaban J connectivity index is 2.64. The van der Waals surface area contributed by atoms with Crippen LogP contribution in [-0.2, 0) is 11.3 Å². The molecule has 118 valence electrons. The zero-order valence-corrected chi connectivity index (χ0v) is 12.0. The van der Waals surface area contributed by atoms with Crippen molar-refractivity contribution in [1.82, 2.24) is 0 Å². The molecular formula is C15H22O6. The fourth-order valence-corrected chi connectivity index (χ4v) is 1.77. The van der Waals surface area contributed by atoms with Crippen LogP contribution in [0.25, 0.3) is 0 Å². The molecule has 1 rings (SSSR count). The Kier molecular flexibility index (Phi) is 8.00. The Labute approximate surface area is 123 Å². The van der Waals surface area contributed by atoms with Gasteiger partial charge in [-0.2, -0.15) is 0 Å². The van der Waals surface area contributed by atoms with Crippen LogP contribution < -0.4 is 0 Å². The lowest BCUT2D eigenvalue weighted by molar-refractivity contribution is 0.0914. The molecule has 4 N–H and O–H groups in total. The smallest absolute Gasteiger partial charge is 0.133 e. The van der Waals surface area contributed by atoms with Crippen molar-refractivity contribution < 1.29 is 29.6 Å². The molecule has 0 amide bonds. The van der Waals surface area contributed by atoms with Gasteiger partial charge in [0.05, 0.1) is 19.3 Å². The highest BCUT2D eigenvalue weighted by Gasteiger charge is 2.11. The minimum Gasteiger partial charge on any atom is -0.461 e. The van der Waals surface area contributed by atoms with Crippen LogP contribution in [-0.4, -0.2) is 46.9 Å². The zero-order chi connectivity index (χ0) is 15.7. The zero-order valence-electron chi connectivity index (χ0n) is 12.0. The van der Waals surface area contributed by atoms with E-state index in [9.17, 15) is 10.2 Å². The minimum absolute atomic E-state index is 0.209. The molecule has 0 fully saturated rings. The van der Waals surface area contributed by atoms with Crippen LogP contribution in [0.15, 0.2) is 33.9 Å². The molecule has 0 aliphatic carbocycles. The second kappa shape index (κ2) is 9.52. The number of rotatable bonds is 9. The molecule has 2 atom stereocenters. The van der Waals surface area contributed by atoms with Crippen LogP contribution in [0.3, 0.4) is 0 Å². The summed E-state index contributed by atoms with van der Waals surface area (Å²) < 4.78 is 10.2. The van der Waals surface area contributed by atoms with Gasteiger partial charge in [-0.1, -0.05) is 0 Å². The predicted octanol–water partition coefficient (Wildman–Crippen LogP) is 0.667. The topological polar surface area (TPSA) is 103 Å². The van der Waals surface area contributed by atoms with Crippen molar-refractivity contribution in [2.75, 3.05) is 20.3 Å². The summed E-state index contributed by atoms with van der Waals surface area (Å²) in [5, 5.41) is 37.0. The van der Waals surface area contributed by atoms with E-state index in [0.29, 0.717) is 23.7 Å². The summed E-state index contributed by atoms with van der Waals surface area (Å²) in [5.74, 6) is 0.774. The van der Waals surface area contributed by atoms with E-state index in [0.717, 1.165) is 0 Å². The van der Waals surface area contributed by atoms with Crippen LogP contribution in [0.2, 0.25) is 0 Å². The number of aliphatic hydroxyl groups is 4. The van der Waals surface area contributed by atoms with E-state index in [1.807, 2.05) is 0 Å². The van der Waals surface area contributed by atoms with Crippen LogP contribution in [0.5, 0.6) is 0 Å². The lowest BCUT2D eigenvalue weighted by Crippen LogP contribution is -2.14. The van der Waals surface area contributed by atoms with Crippen molar-refractivity contribution in [3.8, 4) is 0 Å². The number of methoxy groups -OCH3 is 1. The molecule has 6 nitrogen and oxygen atoms in total. The number of furan rings is 1. The van der Waals surface area contributed by atoms with Gasteiger partial charge in [-0.3, -0.25) is 0 Å². The molecule has 21 heavy (non-hydrogen) atoms. The molecule has 1 heterocycles. The number of aliphatic hydroxyl groups excluding tert-OH is 4. The van der Waals surface area contributed by atoms with Gasteiger partial charge in [-0.15, -0.1) is 5.73 Å².